The lowest BCUT2D eigenvalue weighted by atomic mass is 10.2. The fraction of sp³-hybridized carbons (Fsp3) is 0.167. The minimum absolute atomic E-state index is 0.484. The van der Waals surface area contributed by atoms with Gasteiger partial charge in [-0.15, -0.1) is 10.2 Å². The molecule has 19 heavy (non-hydrogen) atoms. The molecule has 5 nitrogen and oxygen atoms in total. The third-order valence-corrected chi connectivity index (χ3v) is 4.00. The summed E-state index contributed by atoms with van der Waals surface area (Å²) in [5.74, 6) is 1.36. The van der Waals surface area contributed by atoms with Crippen LogP contribution in [0.4, 0.5) is 0 Å². The van der Waals surface area contributed by atoms with Crippen molar-refractivity contribution in [3.63, 3.8) is 0 Å². The Morgan fingerprint density at radius 1 is 1.21 bits per heavy atom. The summed E-state index contributed by atoms with van der Waals surface area (Å²) in [7, 11) is 0. The van der Waals surface area contributed by atoms with Gasteiger partial charge in [0.25, 0.3) is 5.22 Å². The molecule has 0 saturated carbocycles. The van der Waals surface area contributed by atoms with Gasteiger partial charge in [-0.3, -0.25) is 0 Å². The lowest BCUT2D eigenvalue weighted by Gasteiger charge is -1.91. The Morgan fingerprint density at radius 2 is 2.05 bits per heavy atom. The van der Waals surface area contributed by atoms with Crippen LogP contribution in [0.2, 0.25) is 0 Å². The fourth-order valence-electron chi connectivity index (χ4n) is 1.45. The van der Waals surface area contributed by atoms with Crippen LogP contribution in [0.3, 0.4) is 0 Å². The molecular formula is C12H10N4OS2. The lowest BCUT2D eigenvalue weighted by Crippen LogP contribution is -1.80. The molecule has 96 valence electrons. The summed E-state index contributed by atoms with van der Waals surface area (Å²) in [4.78, 5) is 4.35. The molecule has 0 amide bonds. The van der Waals surface area contributed by atoms with Crippen molar-refractivity contribution >= 4 is 23.3 Å². The molecular weight excluding hydrogens is 280 g/mol. The van der Waals surface area contributed by atoms with Crippen molar-refractivity contribution in [1.82, 2.24) is 19.6 Å². The molecule has 0 aliphatic rings. The van der Waals surface area contributed by atoms with Crippen LogP contribution in [0, 0.1) is 0 Å². The average molecular weight is 290 g/mol. The van der Waals surface area contributed by atoms with E-state index in [-0.39, 0.29) is 0 Å². The lowest BCUT2D eigenvalue weighted by molar-refractivity contribution is 0.466. The molecule has 0 saturated heterocycles. The highest BCUT2D eigenvalue weighted by Crippen LogP contribution is 2.30. The number of benzene rings is 1. The number of hydrogen-bond acceptors (Lipinski definition) is 7. The monoisotopic (exact) mass is 290 g/mol. The standard InChI is InChI=1S/C12H10N4OS2/c1-2-9-13-12(19-16-9)18-11-15-14-10(17-11)8-6-4-3-5-7-8/h3-7H,2H2,1H3. The molecule has 0 fully saturated rings. The molecule has 0 spiro atoms. The fourth-order valence-corrected chi connectivity index (χ4v) is 2.92. The Kier molecular flexibility index (Phi) is 3.56. The van der Waals surface area contributed by atoms with Gasteiger partial charge in [-0.2, -0.15) is 4.37 Å². The van der Waals surface area contributed by atoms with E-state index in [9.17, 15) is 0 Å². The van der Waals surface area contributed by atoms with Gasteiger partial charge in [0.15, 0.2) is 4.34 Å². The average Bonchev–Trinajstić information content (AvgIpc) is 3.09. The highest BCUT2D eigenvalue weighted by Gasteiger charge is 2.12. The minimum atomic E-state index is 0.484. The van der Waals surface area contributed by atoms with Crippen LogP contribution in [0.25, 0.3) is 11.5 Å². The number of aryl methyl sites for hydroxylation is 1. The third-order valence-electron chi connectivity index (χ3n) is 2.37. The minimum Gasteiger partial charge on any atom is -0.411 e. The van der Waals surface area contributed by atoms with Crippen LogP contribution in [-0.2, 0) is 6.42 Å². The van der Waals surface area contributed by atoms with Gasteiger partial charge >= 0.3 is 0 Å². The maximum Gasteiger partial charge on any atom is 0.284 e. The molecule has 3 aromatic rings. The summed E-state index contributed by atoms with van der Waals surface area (Å²) >= 11 is 2.69. The second kappa shape index (κ2) is 5.50. The van der Waals surface area contributed by atoms with E-state index in [1.807, 2.05) is 37.3 Å². The molecule has 0 bridgehead atoms. The highest BCUT2D eigenvalue weighted by atomic mass is 32.2. The first-order valence-electron chi connectivity index (χ1n) is 5.74. The van der Waals surface area contributed by atoms with E-state index in [1.54, 1.807) is 0 Å². The zero-order chi connectivity index (χ0) is 13.1. The van der Waals surface area contributed by atoms with E-state index < -0.39 is 0 Å². The van der Waals surface area contributed by atoms with E-state index in [0.717, 1.165) is 22.1 Å². The van der Waals surface area contributed by atoms with Crippen molar-refractivity contribution in [2.75, 3.05) is 0 Å². The smallest absolute Gasteiger partial charge is 0.284 e. The van der Waals surface area contributed by atoms with Crippen molar-refractivity contribution in [3.8, 4) is 11.5 Å². The van der Waals surface area contributed by atoms with Crippen LogP contribution in [0.5, 0.6) is 0 Å². The van der Waals surface area contributed by atoms with Gasteiger partial charge in [0.05, 0.1) is 0 Å². The second-order valence-corrected chi connectivity index (χ2v) is 5.62. The molecule has 0 aliphatic carbocycles. The van der Waals surface area contributed by atoms with Gasteiger partial charge in [-0.25, -0.2) is 4.98 Å². The first kappa shape index (κ1) is 12.3. The Hall–Kier alpha value is -1.73. The van der Waals surface area contributed by atoms with E-state index in [4.69, 9.17) is 4.42 Å². The zero-order valence-electron chi connectivity index (χ0n) is 10.1. The Labute approximate surface area is 118 Å². The maximum absolute atomic E-state index is 5.60. The Balaban J connectivity index is 1.78. The molecule has 0 aliphatic heterocycles. The number of aromatic nitrogens is 4. The summed E-state index contributed by atoms with van der Waals surface area (Å²) in [5, 5.41) is 8.52. The molecule has 0 unspecified atom stereocenters. The molecule has 1 aromatic carbocycles. The Bertz CT molecular complexity index is 665. The molecule has 2 heterocycles. The largest absolute Gasteiger partial charge is 0.411 e. The van der Waals surface area contributed by atoms with E-state index >= 15 is 0 Å². The van der Waals surface area contributed by atoms with Gasteiger partial charge in [-0.1, -0.05) is 25.1 Å². The van der Waals surface area contributed by atoms with Gasteiger partial charge in [0.2, 0.25) is 5.89 Å². The van der Waals surface area contributed by atoms with Crippen molar-refractivity contribution in [1.29, 1.82) is 0 Å². The van der Waals surface area contributed by atoms with E-state index in [2.05, 4.69) is 19.6 Å². The second-order valence-electron chi connectivity index (χ2n) is 3.67. The first-order valence-corrected chi connectivity index (χ1v) is 7.33. The topological polar surface area (TPSA) is 64.7 Å². The molecule has 0 atom stereocenters. The highest BCUT2D eigenvalue weighted by molar-refractivity contribution is 8.00. The first-order chi connectivity index (χ1) is 9.35. The van der Waals surface area contributed by atoms with Crippen molar-refractivity contribution in [2.45, 2.75) is 22.9 Å². The molecule has 0 radical (unpaired) electrons. The predicted octanol–water partition coefficient (Wildman–Crippen LogP) is 3.30. The number of hydrogen-bond donors (Lipinski definition) is 0. The van der Waals surface area contributed by atoms with Gasteiger partial charge < -0.3 is 4.42 Å². The summed E-state index contributed by atoms with van der Waals surface area (Å²) in [5.41, 5.74) is 0.911. The van der Waals surface area contributed by atoms with Crippen LogP contribution in [0.1, 0.15) is 12.7 Å². The van der Waals surface area contributed by atoms with Crippen LogP contribution < -0.4 is 0 Å². The zero-order valence-corrected chi connectivity index (χ0v) is 11.7. The van der Waals surface area contributed by atoms with Gasteiger partial charge in [0, 0.05) is 23.7 Å². The molecule has 3 rings (SSSR count). The normalized spacial score (nSPS) is 10.8. The van der Waals surface area contributed by atoms with E-state index in [1.165, 1.54) is 23.3 Å². The van der Waals surface area contributed by atoms with Crippen LogP contribution in [-0.4, -0.2) is 19.6 Å². The molecule has 0 N–H and O–H groups in total. The molecule has 7 heteroatoms. The van der Waals surface area contributed by atoms with E-state index in [0.29, 0.717) is 11.1 Å². The van der Waals surface area contributed by atoms with Crippen molar-refractivity contribution in [3.05, 3.63) is 36.2 Å². The SMILES string of the molecule is CCc1nsc(Sc2nnc(-c3ccccc3)o2)n1. The summed E-state index contributed by atoms with van der Waals surface area (Å²) < 4.78 is 10.6. The predicted molar refractivity (Wildman–Crippen MR) is 73.1 cm³/mol. The quantitative estimate of drug-likeness (QED) is 0.734. The van der Waals surface area contributed by atoms with Crippen molar-refractivity contribution < 1.29 is 4.42 Å². The van der Waals surface area contributed by atoms with Gasteiger partial charge in [0.1, 0.15) is 5.82 Å². The van der Waals surface area contributed by atoms with Crippen LogP contribution >= 0.6 is 23.3 Å². The van der Waals surface area contributed by atoms with Crippen molar-refractivity contribution in [2.24, 2.45) is 0 Å². The summed E-state index contributed by atoms with van der Waals surface area (Å²) in [6.45, 7) is 2.02. The maximum atomic E-state index is 5.60. The van der Waals surface area contributed by atoms with Gasteiger partial charge in [-0.05, 0) is 23.7 Å². The Morgan fingerprint density at radius 3 is 2.79 bits per heavy atom. The summed E-state index contributed by atoms with van der Waals surface area (Å²) in [6.07, 6.45) is 0.830. The third kappa shape index (κ3) is 2.82. The summed E-state index contributed by atoms with van der Waals surface area (Å²) in [6, 6.07) is 9.68. The number of nitrogens with zero attached hydrogens (tertiary/aromatic N) is 4. The molecule has 2 aromatic heterocycles. The van der Waals surface area contributed by atoms with Crippen LogP contribution in [0.15, 0.2) is 44.3 Å². The number of rotatable bonds is 4.